The van der Waals surface area contributed by atoms with Crippen LogP contribution in [0.1, 0.15) is 34.8 Å². The third-order valence-corrected chi connectivity index (χ3v) is 5.73. The predicted molar refractivity (Wildman–Crippen MR) is 116 cm³/mol. The number of amides is 1. The molecule has 0 radical (unpaired) electrons. The molecule has 154 valence electrons. The maximum absolute atomic E-state index is 13.0. The second-order valence-electron chi connectivity index (χ2n) is 7.70. The van der Waals surface area contributed by atoms with Crippen LogP contribution in [0.25, 0.3) is 0 Å². The second kappa shape index (κ2) is 9.39. The van der Waals surface area contributed by atoms with Gasteiger partial charge in [-0.05, 0) is 42.7 Å². The Labute approximate surface area is 176 Å². The molecular formula is C24H26N4O2. The van der Waals surface area contributed by atoms with E-state index in [1.807, 2.05) is 65.4 Å². The van der Waals surface area contributed by atoms with Crippen LogP contribution in [-0.2, 0) is 11.3 Å². The van der Waals surface area contributed by atoms with Crippen molar-refractivity contribution in [3.05, 3.63) is 84.4 Å². The zero-order chi connectivity index (χ0) is 20.8. The highest BCUT2D eigenvalue weighted by atomic mass is 16.2. The molecule has 6 heteroatoms. The molecule has 0 saturated carbocycles. The first kappa shape index (κ1) is 19.9. The Balaban J connectivity index is 1.37. The van der Waals surface area contributed by atoms with Crippen LogP contribution >= 0.6 is 0 Å². The van der Waals surface area contributed by atoms with E-state index in [1.165, 1.54) is 0 Å². The first-order valence-corrected chi connectivity index (χ1v) is 10.3. The van der Waals surface area contributed by atoms with Crippen LogP contribution in [0.2, 0.25) is 0 Å². The van der Waals surface area contributed by atoms with Crippen LogP contribution < -0.4 is 10.2 Å². The number of benzene rings is 2. The van der Waals surface area contributed by atoms with Crippen molar-refractivity contribution in [2.24, 2.45) is 5.92 Å². The maximum Gasteiger partial charge on any atom is 0.223 e. The maximum atomic E-state index is 13.0. The number of anilines is 1. The highest BCUT2D eigenvalue weighted by molar-refractivity contribution is 5.79. The normalized spacial score (nSPS) is 15.5. The fourth-order valence-corrected chi connectivity index (χ4v) is 3.98. The Morgan fingerprint density at radius 3 is 2.47 bits per heavy atom. The first-order chi connectivity index (χ1) is 14.7. The number of nitrogens with zero attached hydrogens (tertiary/aromatic N) is 3. The number of aldehydes is 1. The molecule has 2 heterocycles. The summed E-state index contributed by atoms with van der Waals surface area (Å²) in [6.45, 7) is 2.31. The number of carbonyl (C=O) groups is 2. The Morgan fingerprint density at radius 2 is 1.83 bits per heavy atom. The lowest BCUT2D eigenvalue weighted by molar-refractivity contribution is -0.126. The Bertz CT molecular complexity index is 947. The average Bonchev–Trinajstić information content (AvgIpc) is 3.32. The summed E-state index contributed by atoms with van der Waals surface area (Å²) in [4.78, 5) is 30.3. The van der Waals surface area contributed by atoms with Crippen molar-refractivity contribution >= 4 is 17.9 Å². The lowest BCUT2D eigenvalue weighted by Crippen LogP contribution is -2.42. The summed E-state index contributed by atoms with van der Waals surface area (Å²) in [6, 6.07) is 17.6. The van der Waals surface area contributed by atoms with E-state index in [1.54, 1.807) is 12.5 Å². The Morgan fingerprint density at radius 1 is 1.10 bits per heavy atom. The average molecular weight is 402 g/mol. The third kappa shape index (κ3) is 4.76. The largest absolute Gasteiger partial charge is 0.371 e. The van der Waals surface area contributed by atoms with E-state index in [4.69, 9.17) is 0 Å². The number of hydrogen-bond donors (Lipinski definition) is 1. The van der Waals surface area contributed by atoms with Gasteiger partial charge < -0.3 is 14.8 Å². The van der Waals surface area contributed by atoms with Crippen LogP contribution in [0.5, 0.6) is 0 Å². The minimum Gasteiger partial charge on any atom is -0.371 e. The van der Waals surface area contributed by atoms with Gasteiger partial charge >= 0.3 is 0 Å². The van der Waals surface area contributed by atoms with Gasteiger partial charge in [-0.3, -0.25) is 9.59 Å². The summed E-state index contributed by atoms with van der Waals surface area (Å²) in [7, 11) is 0. The van der Waals surface area contributed by atoms with Gasteiger partial charge in [0.2, 0.25) is 5.91 Å². The van der Waals surface area contributed by atoms with Gasteiger partial charge in [-0.15, -0.1) is 0 Å². The van der Waals surface area contributed by atoms with Crippen LogP contribution in [-0.4, -0.2) is 34.8 Å². The smallest absolute Gasteiger partial charge is 0.223 e. The molecule has 1 aliphatic heterocycles. The highest BCUT2D eigenvalue weighted by Gasteiger charge is 2.27. The summed E-state index contributed by atoms with van der Waals surface area (Å²) < 4.78 is 1.99. The molecule has 0 spiro atoms. The van der Waals surface area contributed by atoms with Gasteiger partial charge in [-0.2, -0.15) is 0 Å². The number of rotatable bonds is 7. The van der Waals surface area contributed by atoms with E-state index in [0.717, 1.165) is 43.5 Å². The summed E-state index contributed by atoms with van der Waals surface area (Å²) in [5.41, 5.74) is 2.87. The molecule has 2 aromatic carbocycles. The SMILES string of the molecule is O=Cc1ccc(N2CCC(C(=O)N[C@@H](Cn3ccnc3)c3ccccc3)CC2)cc1. The molecule has 1 N–H and O–H groups in total. The van der Waals surface area contributed by atoms with E-state index in [9.17, 15) is 9.59 Å². The van der Waals surface area contributed by atoms with Gasteiger partial charge in [0.15, 0.2) is 0 Å². The van der Waals surface area contributed by atoms with Crippen LogP contribution in [0.3, 0.4) is 0 Å². The zero-order valence-corrected chi connectivity index (χ0v) is 16.9. The number of imidazole rings is 1. The number of piperidine rings is 1. The van der Waals surface area contributed by atoms with Gasteiger partial charge in [0, 0.05) is 49.2 Å². The van der Waals surface area contributed by atoms with Crippen molar-refractivity contribution < 1.29 is 9.59 Å². The molecule has 1 atom stereocenters. The van der Waals surface area contributed by atoms with E-state index in [2.05, 4.69) is 15.2 Å². The molecule has 1 saturated heterocycles. The molecule has 30 heavy (non-hydrogen) atoms. The fourth-order valence-electron chi connectivity index (χ4n) is 3.98. The quantitative estimate of drug-likeness (QED) is 0.615. The Hall–Kier alpha value is -3.41. The van der Waals surface area contributed by atoms with E-state index in [0.29, 0.717) is 12.1 Å². The summed E-state index contributed by atoms with van der Waals surface area (Å²) >= 11 is 0. The molecule has 1 fully saturated rings. The molecule has 6 nitrogen and oxygen atoms in total. The molecule has 3 aromatic rings. The zero-order valence-electron chi connectivity index (χ0n) is 16.9. The van der Waals surface area contributed by atoms with Crippen LogP contribution in [0.15, 0.2) is 73.3 Å². The summed E-state index contributed by atoms with van der Waals surface area (Å²) in [5, 5.41) is 3.27. The van der Waals surface area contributed by atoms with Crippen molar-refractivity contribution in [2.75, 3.05) is 18.0 Å². The van der Waals surface area contributed by atoms with E-state index >= 15 is 0 Å². The number of aromatic nitrogens is 2. The monoisotopic (exact) mass is 402 g/mol. The molecule has 0 aliphatic carbocycles. The predicted octanol–water partition coefficient (Wildman–Crippen LogP) is 3.47. The van der Waals surface area contributed by atoms with Crippen LogP contribution in [0, 0.1) is 5.92 Å². The first-order valence-electron chi connectivity index (χ1n) is 10.3. The van der Waals surface area contributed by atoms with E-state index < -0.39 is 0 Å². The van der Waals surface area contributed by atoms with Gasteiger partial charge in [-0.25, -0.2) is 4.98 Å². The lowest BCUT2D eigenvalue weighted by atomic mass is 9.94. The van der Waals surface area contributed by atoms with Crippen molar-refractivity contribution in [3.8, 4) is 0 Å². The number of nitrogens with one attached hydrogen (secondary N) is 1. The molecule has 0 bridgehead atoms. The van der Waals surface area contributed by atoms with Gasteiger partial charge in [0.1, 0.15) is 6.29 Å². The molecule has 0 unspecified atom stereocenters. The topological polar surface area (TPSA) is 67.2 Å². The van der Waals surface area contributed by atoms with Gasteiger partial charge in [0.25, 0.3) is 0 Å². The third-order valence-electron chi connectivity index (χ3n) is 5.73. The molecule has 4 rings (SSSR count). The fraction of sp³-hybridized carbons (Fsp3) is 0.292. The lowest BCUT2D eigenvalue weighted by Gasteiger charge is -2.34. The minimum absolute atomic E-state index is 0.00416. The molecular weight excluding hydrogens is 376 g/mol. The van der Waals surface area contributed by atoms with Gasteiger partial charge in [-0.1, -0.05) is 30.3 Å². The molecule has 1 amide bonds. The van der Waals surface area contributed by atoms with E-state index in [-0.39, 0.29) is 17.9 Å². The molecule has 1 aromatic heterocycles. The molecule has 1 aliphatic rings. The second-order valence-corrected chi connectivity index (χ2v) is 7.70. The van der Waals surface area contributed by atoms with Crippen molar-refractivity contribution in [1.29, 1.82) is 0 Å². The summed E-state index contributed by atoms with van der Waals surface area (Å²) in [6.07, 6.45) is 7.92. The minimum atomic E-state index is -0.0955. The van der Waals surface area contributed by atoms with Crippen molar-refractivity contribution in [2.45, 2.75) is 25.4 Å². The number of hydrogen-bond acceptors (Lipinski definition) is 4. The van der Waals surface area contributed by atoms with Gasteiger partial charge in [0.05, 0.1) is 12.4 Å². The number of carbonyl (C=O) groups excluding carboxylic acids is 2. The van der Waals surface area contributed by atoms with Crippen LogP contribution in [0.4, 0.5) is 5.69 Å². The highest BCUT2D eigenvalue weighted by Crippen LogP contribution is 2.25. The summed E-state index contributed by atoms with van der Waals surface area (Å²) in [5.74, 6) is 0.115. The Kier molecular flexibility index (Phi) is 6.23. The standard InChI is InChI=1S/C24H26N4O2/c29-17-19-6-8-22(9-7-19)28-13-10-21(11-14-28)24(30)26-23(16-27-15-12-25-18-27)20-4-2-1-3-5-20/h1-9,12,15,17-18,21,23H,10-11,13-14,16H2,(H,26,30)/t23-/m0/s1. The van der Waals surface area contributed by atoms with Crippen molar-refractivity contribution in [1.82, 2.24) is 14.9 Å². The van der Waals surface area contributed by atoms with Crippen molar-refractivity contribution in [3.63, 3.8) is 0 Å².